The number of carbonyl (C=O) groups is 1. The van der Waals surface area contributed by atoms with Gasteiger partial charge in [-0.3, -0.25) is 20.0 Å². The van der Waals surface area contributed by atoms with Crippen molar-refractivity contribution in [2.75, 3.05) is 13.1 Å². The third-order valence-electron chi connectivity index (χ3n) is 13.3. The second kappa shape index (κ2) is 15.0. The lowest BCUT2D eigenvalue weighted by Crippen LogP contribution is -3.13. The molecular weight excluding hydrogens is 689 g/mol. The molecule has 2 aromatic rings. The number of aryl methyl sites for hydroxylation is 1. The second-order valence-electron chi connectivity index (χ2n) is 16.8. The number of carbonyl (C=O) groups excluding carboxylic acids is 1. The van der Waals surface area contributed by atoms with Crippen LogP contribution in [0, 0.1) is 35.2 Å². The highest BCUT2D eigenvalue weighted by atomic mass is 16.5. The van der Waals surface area contributed by atoms with Gasteiger partial charge >= 0.3 is 0 Å². The molecule has 0 amide bonds. The van der Waals surface area contributed by atoms with Crippen LogP contribution >= 0.6 is 0 Å². The van der Waals surface area contributed by atoms with Crippen molar-refractivity contribution < 1.29 is 29.4 Å². The van der Waals surface area contributed by atoms with E-state index in [1.807, 2.05) is 24.3 Å². The Morgan fingerprint density at radius 3 is 2.82 bits per heavy atom. The quantitative estimate of drug-likeness (QED) is 0.178. The van der Waals surface area contributed by atoms with E-state index in [-0.39, 0.29) is 30.2 Å². The fraction of sp³-hybridized carbons (Fsp3) is 0.522. The molecule has 9 heteroatoms. The average molecular weight is 742 g/mol. The molecule has 9 nitrogen and oxygen atoms in total. The van der Waals surface area contributed by atoms with Crippen molar-refractivity contribution in [3.63, 3.8) is 0 Å². The molecule has 8 atom stereocenters. The first-order valence-corrected chi connectivity index (χ1v) is 20.7. The number of ketones is 1. The molecule has 9 rings (SSSR count). The highest BCUT2D eigenvalue weighted by Gasteiger charge is 2.52. The number of ether oxygens (including phenoxy) is 2. The van der Waals surface area contributed by atoms with Gasteiger partial charge < -0.3 is 25.4 Å². The fourth-order valence-corrected chi connectivity index (χ4v) is 10.4. The van der Waals surface area contributed by atoms with Gasteiger partial charge in [0, 0.05) is 31.5 Å². The van der Waals surface area contributed by atoms with Gasteiger partial charge in [0.25, 0.3) is 6.23 Å². The summed E-state index contributed by atoms with van der Waals surface area (Å²) in [4.78, 5) is 19.0. The molecule has 55 heavy (non-hydrogen) atoms. The Hall–Kier alpha value is -4.22. The molecule has 2 bridgehead atoms. The number of nitrogens with one attached hydrogen (secondary N) is 2. The first-order valence-electron chi connectivity index (χ1n) is 20.7. The summed E-state index contributed by atoms with van der Waals surface area (Å²) in [5, 5.41) is 26.0. The summed E-state index contributed by atoms with van der Waals surface area (Å²) in [6.45, 7) is 3.61. The van der Waals surface area contributed by atoms with Gasteiger partial charge in [-0.15, -0.1) is 0 Å². The summed E-state index contributed by atoms with van der Waals surface area (Å²) >= 11 is 0. The van der Waals surface area contributed by atoms with E-state index >= 15 is 0 Å². The summed E-state index contributed by atoms with van der Waals surface area (Å²) in [5.74, 6) is 11.8. The largest absolute Gasteiger partial charge is 0.437 e. The summed E-state index contributed by atoms with van der Waals surface area (Å²) in [6, 6.07) is 9.98. The molecular formula is C46H53N4O5+. The Bertz CT molecular complexity index is 2090. The lowest BCUT2D eigenvalue weighted by molar-refractivity contribution is -0.888. The minimum absolute atomic E-state index is 0.0614. The molecule has 0 aromatic heterocycles. The van der Waals surface area contributed by atoms with Crippen molar-refractivity contribution in [3.8, 4) is 35.4 Å². The molecule has 1 fully saturated rings. The predicted octanol–water partition coefficient (Wildman–Crippen LogP) is 5.15. The molecule has 1 spiro atoms. The lowest BCUT2D eigenvalue weighted by Gasteiger charge is -2.41. The molecule has 6 N–H and O–H groups in total. The first-order chi connectivity index (χ1) is 26.8. The number of benzene rings is 2. The summed E-state index contributed by atoms with van der Waals surface area (Å²) in [7, 11) is 0. The van der Waals surface area contributed by atoms with E-state index in [2.05, 4.69) is 54.6 Å². The van der Waals surface area contributed by atoms with Crippen LogP contribution in [-0.4, -0.2) is 47.1 Å². The van der Waals surface area contributed by atoms with Crippen molar-refractivity contribution in [2.45, 2.75) is 127 Å². The highest BCUT2D eigenvalue weighted by molar-refractivity contribution is 6.08. The van der Waals surface area contributed by atoms with E-state index in [9.17, 15) is 15.0 Å². The normalized spacial score (nSPS) is 29.5. The number of hydrogen-bond acceptors (Lipinski definition) is 8. The number of Topliss-reactive ketones (excluding diaryl/α,β-unsaturated/α-hetero) is 1. The van der Waals surface area contributed by atoms with Crippen molar-refractivity contribution in [2.24, 2.45) is 22.1 Å². The number of allylic oxidation sites excluding steroid dienone is 1. The topological polar surface area (TPSA) is 131 Å². The van der Waals surface area contributed by atoms with Gasteiger partial charge in [-0.1, -0.05) is 75.0 Å². The van der Waals surface area contributed by atoms with E-state index in [4.69, 9.17) is 20.2 Å². The van der Waals surface area contributed by atoms with Gasteiger partial charge in [-0.05, 0) is 90.0 Å². The SMILES string of the molecule is CCCCCC(O)CC(=O)CCc1ccc2c(c1)OC1C(C#CC(O)c3ccc4c5c3C(CCC5CNC4N)C3=CN=C4C[NH+]1C=C34)C1(C#CO2)CCCC1. The van der Waals surface area contributed by atoms with E-state index in [0.29, 0.717) is 43.2 Å². The van der Waals surface area contributed by atoms with Gasteiger partial charge in [0.1, 0.15) is 42.4 Å². The van der Waals surface area contributed by atoms with Crippen molar-refractivity contribution in [1.82, 2.24) is 5.32 Å². The Morgan fingerprint density at radius 1 is 1.11 bits per heavy atom. The summed E-state index contributed by atoms with van der Waals surface area (Å²) in [5.41, 5.74) is 15.0. The van der Waals surface area contributed by atoms with Gasteiger partial charge in [0.2, 0.25) is 0 Å². The Labute approximate surface area is 324 Å². The van der Waals surface area contributed by atoms with Crippen LogP contribution in [0.2, 0.25) is 0 Å². The molecule has 5 heterocycles. The minimum Gasteiger partial charge on any atom is -0.437 e. The number of unbranched alkanes of at least 4 members (excludes halogenated alkanes) is 2. The predicted molar refractivity (Wildman–Crippen MR) is 210 cm³/mol. The standard InChI is InChI=1S/C46H52N4O5/c1-2-3-4-7-30(51)23-31(52)11-8-28-9-17-40-41(22-28)55-45-37(46(20-21-54-40)18-5-6-19-46)15-16-39(53)33-13-14-34-42-29(24-49-44(34)47)10-12-32(43(33)42)35-25-48-38-27-50(45)26-36(35)38/h9,13-14,17,22,25-26,29-30,32,37,39,44-45,49,51,53H,2-8,10-12,18-19,23-24,27,47H2,1H3/p+1. The van der Waals surface area contributed by atoms with Crippen LogP contribution < -0.4 is 25.4 Å². The van der Waals surface area contributed by atoms with Crippen molar-refractivity contribution in [1.29, 1.82) is 0 Å². The van der Waals surface area contributed by atoms with Crippen LogP contribution in [-0.2, 0) is 11.2 Å². The number of aliphatic hydroxyl groups is 2. The van der Waals surface area contributed by atoms with Gasteiger partial charge in [-0.2, -0.15) is 0 Å². The minimum atomic E-state index is -0.997. The zero-order chi connectivity index (χ0) is 37.7. The molecule has 5 aliphatic heterocycles. The zero-order valence-electron chi connectivity index (χ0n) is 31.8. The number of quaternary nitrogens is 1. The number of hydrogen-bond donors (Lipinski definition) is 5. The van der Waals surface area contributed by atoms with Crippen molar-refractivity contribution >= 4 is 11.5 Å². The van der Waals surface area contributed by atoms with Crippen LogP contribution in [0.5, 0.6) is 11.5 Å². The monoisotopic (exact) mass is 741 g/mol. The first kappa shape index (κ1) is 36.4. The van der Waals surface area contributed by atoms with Gasteiger partial charge in [0.15, 0.2) is 11.5 Å². The molecule has 2 aliphatic carbocycles. The number of fused-ring (bicyclic) bond motifs is 6. The second-order valence-corrected chi connectivity index (χ2v) is 16.8. The van der Waals surface area contributed by atoms with Crippen LogP contribution in [0.25, 0.3) is 0 Å². The van der Waals surface area contributed by atoms with Gasteiger partial charge in [-0.25, -0.2) is 0 Å². The molecule has 286 valence electrons. The maximum Gasteiger partial charge on any atom is 0.252 e. The molecule has 0 saturated heterocycles. The smallest absolute Gasteiger partial charge is 0.252 e. The molecule has 8 unspecified atom stereocenters. The lowest BCUT2D eigenvalue weighted by atomic mass is 9.67. The fourth-order valence-electron chi connectivity index (χ4n) is 10.4. The third kappa shape index (κ3) is 6.75. The highest BCUT2D eigenvalue weighted by Crippen LogP contribution is 2.52. The average Bonchev–Trinajstić information content (AvgIpc) is 3.93. The maximum absolute atomic E-state index is 12.9. The molecule has 7 aliphatic rings. The van der Waals surface area contributed by atoms with Crippen LogP contribution in [0.3, 0.4) is 0 Å². The molecule has 2 aromatic carbocycles. The van der Waals surface area contributed by atoms with Gasteiger partial charge in [0.05, 0.1) is 23.3 Å². The Kier molecular flexibility index (Phi) is 9.95. The number of rotatable bonds is 9. The number of nitrogens with two attached hydrogens (primary N) is 1. The molecule has 0 radical (unpaired) electrons. The van der Waals surface area contributed by atoms with E-state index < -0.39 is 23.9 Å². The Balaban J connectivity index is 1.09. The Morgan fingerprint density at radius 2 is 1.96 bits per heavy atom. The van der Waals surface area contributed by atoms with Crippen LogP contribution in [0.4, 0.5) is 0 Å². The molecule has 1 saturated carbocycles. The van der Waals surface area contributed by atoms with E-state index in [1.165, 1.54) is 16.7 Å². The summed E-state index contributed by atoms with van der Waals surface area (Å²) < 4.78 is 13.3. The maximum atomic E-state index is 12.9. The van der Waals surface area contributed by atoms with Crippen LogP contribution in [0.1, 0.15) is 136 Å². The number of aliphatic imine (C=N–C) groups is 1. The van der Waals surface area contributed by atoms with E-state index in [0.717, 1.165) is 97.2 Å². The van der Waals surface area contributed by atoms with Crippen LogP contribution in [0.15, 0.2) is 58.9 Å². The third-order valence-corrected chi connectivity index (χ3v) is 13.3. The van der Waals surface area contributed by atoms with E-state index in [1.54, 1.807) is 0 Å². The number of nitrogens with zero attached hydrogens (tertiary/aromatic N) is 1. The zero-order valence-corrected chi connectivity index (χ0v) is 31.8. The summed E-state index contributed by atoms with van der Waals surface area (Å²) in [6.07, 6.45) is 15.8. The van der Waals surface area contributed by atoms with Crippen molar-refractivity contribution in [3.05, 3.63) is 81.7 Å². The number of aliphatic hydroxyl groups excluding tert-OH is 2.